The molecule has 1 amide bonds. The van der Waals surface area contributed by atoms with E-state index in [4.69, 9.17) is 0 Å². The molecule has 0 N–H and O–H groups in total. The smallest absolute Gasteiger partial charge is 0.253 e. The van der Waals surface area contributed by atoms with E-state index < -0.39 is 0 Å². The van der Waals surface area contributed by atoms with Gasteiger partial charge in [-0.05, 0) is 68.3 Å². The number of benzene rings is 1. The number of carbonyl (C=O) groups excluding carboxylic acids is 1. The van der Waals surface area contributed by atoms with Crippen molar-refractivity contribution < 1.29 is 4.79 Å². The van der Waals surface area contributed by atoms with E-state index in [0.717, 1.165) is 37.5 Å². The first-order valence-electron chi connectivity index (χ1n) is 9.22. The molecule has 2 aliphatic heterocycles. The molecule has 0 bridgehead atoms. The Morgan fingerprint density at radius 2 is 1.70 bits per heavy atom. The van der Waals surface area contributed by atoms with Crippen molar-refractivity contribution in [2.45, 2.75) is 46.1 Å². The summed E-state index contributed by atoms with van der Waals surface area (Å²) in [6.07, 6.45) is 5.00. The molecule has 3 nitrogen and oxygen atoms in total. The van der Waals surface area contributed by atoms with Gasteiger partial charge in [0.2, 0.25) is 0 Å². The lowest BCUT2D eigenvalue weighted by Crippen LogP contribution is -2.39. The van der Waals surface area contributed by atoms with Crippen LogP contribution < -0.4 is 0 Å². The molecule has 1 atom stereocenters. The molecule has 3 rings (SSSR count). The van der Waals surface area contributed by atoms with Gasteiger partial charge < -0.3 is 4.90 Å². The minimum Gasteiger partial charge on any atom is -0.338 e. The fraction of sp³-hybridized carbons (Fsp3) is 0.650. The van der Waals surface area contributed by atoms with Crippen molar-refractivity contribution in [3.63, 3.8) is 0 Å². The standard InChI is InChI=1S/C20H30N2O/c1-16-9-12-21(13-10-16)15-18-5-7-19(8-6-18)20(23)22-11-3-4-17(2)14-22/h5-8,16-17H,3-4,9-15H2,1-2H3/t17-/m1/s1. The molecule has 2 saturated heterocycles. The molecule has 126 valence electrons. The lowest BCUT2D eigenvalue weighted by atomic mass is 9.98. The maximum absolute atomic E-state index is 12.6. The molecule has 2 heterocycles. The van der Waals surface area contributed by atoms with Crippen LogP contribution in [-0.2, 0) is 6.54 Å². The van der Waals surface area contributed by atoms with Crippen LogP contribution in [0.1, 0.15) is 55.5 Å². The van der Waals surface area contributed by atoms with Gasteiger partial charge in [-0.1, -0.05) is 26.0 Å². The molecule has 0 aliphatic carbocycles. The second-order valence-corrected chi connectivity index (χ2v) is 7.65. The molecule has 0 saturated carbocycles. The monoisotopic (exact) mass is 314 g/mol. The van der Waals surface area contributed by atoms with E-state index in [-0.39, 0.29) is 5.91 Å². The third kappa shape index (κ3) is 4.35. The number of amides is 1. The van der Waals surface area contributed by atoms with E-state index >= 15 is 0 Å². The molecule has 0 radical (unpaired) electrons. The summed E-state index contributed by atoms with van der Waals surface area (Å²) in [5.41, 5.74) is 2.17. The van der Waals surface area contributed by atoms with Crippen LogP contribution in [0.25, 0.3) is 0 Å². The molecule has 23 heavy (non-hydrogen) atoms. The van der Waals surface area contributed by atoms with Gasteiger partial charge in [0, 0.05) is 25.2 Å². The zero-order valence-corrected chi connectivity index (χ0v) is 14.6. The Kier molecular flexibility index (Phi) is 5.37. The zero-order valence-electron chi connectivity index (χ0n) is 14.6. The van der Waals surface area contributed by atoms with E-state index in [1.807, 2.05) is 17.0 Å². The van der Waals surface area contributed by atoms with Crippen LogP contribution in [0, 0.1) is 11.8 Å². The fourth-order valence-electron chi connectivity index (χ4n) is 3.79. The number of hydrogen-bond donors (Lipinski definition) is 0. The molecule has 3 heteroatoms. The molecule has 1 aromatic rings. The first-order chi connectivity index (χ1) is 11.1. The Bertz CT molecular complexity index is 517. The number of carbonyl (C=O) groups is 1. The zero-order chi connectivity index (χ0) is 16.2. The molecule has 0 aromatic heterocycles. The SMILES string of the molecule is CC1CCN(Cc2ccc(C(=O)N3CCC[C@@H](C)C3)cc2)CC1. The Labute approximate surface area is 140 Å². The molecule has 2 aliphatic rings. The van der Waals surface area contributed by atoms with Crippen LogP contribution in [0.5, 0.6) is 0 Å². The summed E-state index contributed by atoms with van der Waals surface area (Å²) in [7, 11) is 0. The van der Waals surface area contributed by atoms with Gasteiger partial charge in [0.1, 0.15) is 0 Å². The Morgan fingerprint density at radius 3 is 2.35 bits per heavy atom. The summed E-state index contributed by atoms with van der Waals surface area (Å²) in [5, 5.41) is 0. The largest absolute Gasteiger partial charge is 0.338 e. The van der Waals surface area contributed by atoms with Gasteiger partial charge in [-0.3, -0.25) is 9.69 Å². The van der Waals surface area contributed by atoms with Crippen molar-refractivity contribution in [1.82, 2.24) is 9.80 Å². The van der Waals surface area contributed by atoms with E-state index in [2.05, 4.69) is 30.9 Å². The van der Waals surface area contributed by atoms with Crippen LogP contribution in [0.15, 0.2) is 24.3 Å². The quantitative estimate of drug-likeness (QED) is 0.847. The highest BCUT2D eigenvalue weighted by Crippen LogP contribution is 2.20. The topological polar surface area (TPSA) is 23.6 Å². The summed E-state index contributed by atoms with van der Waals surface area (Å²) in [4.78, 5) is 17.2. The second-order valence-electron chi connectivity index (χ2n) is 7.65. The van der Waals surface area contributed by atoms with Crippen molar-refractivity contribution in [2.24, 2.45) is 11.8 Å². The number of hydrogen-bond acceptors (Lipinski definition) is 2. The highest BCUT2D eigenvalue weighted by molar-refractivity contribution is 5.94. The van der Waals surface area contributed by atoms with Crippen molar-refractivity contribution in [3.05, 3.63) is 35.4 Å². The van der Waals surface area contributed by atoms with Gasteiger partial charge in [-0.15, -0.1) is 0 Å². The van der Waals surface area contributed by atoms with E-state index in [1.54, 1.807) is 0 Å². The van der Waals surface area contributed by atoms with Crippen molar-refractivity contribution >= 4 is 5.91 Å². The summed E-state index contributed by atoms with van der Waals surface area (Å²) < 4.78 is 0. The highest BCUT2D eigenvalue weighted by atomic mass is 16.2. The predicted octanol–water partition coefficient (Wildman–Crippen LogP) is 3.79. The molecular weight excluding hydrogens is 284 g/mol. The van der Waals surface area contributed by atoms with Gasteiger partial charge in [0.25, 0.3) is 5.91 Å². The molecule has 0 unspecified atom stereocenters. The maximum Gasteiger partial charge on any atom is 0.253 e. The number of rotatable bonds is 3. The van der Waals surface area contributed by atoms with Gasteiger partial charge in [-0.2, -0.15) is 0 Å². The van der Waals surface area contributed by atoms with Crippen LogP contribution in [0.4, 0.5) is 0 Å². The van der Waals surface area contributed by atoms with Crippen LogP contribution in [0.3, 0.4) is 0 Å². The minimum absolute atomic E-state index is 0.204. The molecule has 2 fully saturated rings. The molecular formula is C20H30N2O. The Hall–Kier alpha value is -1.35. The maximum atomic E-state index is 12.6. The minimum atomic E-state index is 0.204. The van der Waals surface area contributed by atoms with Crippen molar-refractivity contribution in [1.29, 1.82) is 0 Å². The number of piperidine rings is 2. The predicted molar refractivity (Wildman–Crippen MR) is 94.4 cm³/mol. The van der Waals surface area contributed by atoms with Gasteiger partial charge >= 0.3 is 0 Å². The van der Waals surface area contributed by atoms with Gasteiger partial charge in [-0.25, -0.2) is 0 Å². The van der Waals surface area contributed by atoms with E-state index in [0.29, 0.717) is 5.92 Å². The lowest BCUT2D eigenvalue weighted by Gasteiger charge is -2.31. The summed E-state index contributed by atoms with van der Waals surface area (Å²) >= 11 is 0. The van der Waals surface area contributed by atoms with Crippen molar-refractivity contribution in [2.75, 3.05) is 26.2 Å². The normalized spacial score (nSPS) is 23.9. The lowest BCUT2D eigenvalue weighted by molar-refractivity contribution is 0.0683. The molecule has 0 spiro atoms. The Morgan fingerprint density at radius 1 is 1.00 bits per heavy atom. The number of likely N-dealkylation sites (tertiary alicyclic amines) is 2. The van der Waals surface area contributed by atoms with E-state index in [1.165, 1.54) is 37.9 Å². The average Bonchev–Trinajstić information content (AvgIpc) is 2.57. The first kappa shape index (κ1) is 16.5. The molecule has 1 aromatic carbocycles. The second kappa shape index (κ2) is 7.48. The third-order valence-corrected chi connectivity index (χ3v) is 5.43. The van der Waals surface area contributed by atoms with Crippen molar-refractivity contribution in [3.8, 4) is 0 Å². The average molecular weight is 314 g/mol. The number of nitrogens with zero attached hydrogens (tertiary/aromatic N) is 2. The first-order valence-corrected chi connectivity index (χ1v) is 9.22. The van der Waals surface area contributed by atoms with Crippen LogP contribution in [0.2, 0.25) is 0 Å². The summed E-state index contributed by atoms with van der Waals surface area (Å²) in [6, 6.07) is 8.31. The van der Waals surface area contributed by atoms with Crippen LogP contribution in [-0.4, -0.2) is 41.9 Å². The van der Waals surface area contributed by atoms with E-state index in [9.17, 15) is 4.79 Å². The summed E-state index contributed by atoms with van der Waals surface area (Å²) in [5.74, 6) is 1.71. The Balaban J connectivity index is 1.57. The van der Waals surface area contributed by atoms with Crippen LogP contribution >= 0.6 is 0 Å². The third-order valence-electron chi connectivity index (χ3n) is 5.43. The summed E-state index contributed by atoms with van der Waals surface area (Å²) in [6.45, 7) is 9.83. The fourth-order valence-corrected chi connectivity index (χ4v) is 3.79. The highest BCUT2D eigenvalue weighted by Gasteiger charge is 2.22. The van der Waals surface area contributed by atoms with Gasteiger partial charge in [0.15, 0.2) is 0 Å². The van der Waals surface area contributed by atoms with Gasteiger partial charge in [0.05, 0.1) is 0 Å².